The van der Waals surface area contributed by atoms with Crippen LogP contribution in [-0.2, 0) is 28.8 Å². The number of aromatic nitrogens is 1. The van der Waals surface area contributed by atoms with Gasteiger partial charge in [0.15, 0.2) is 46.0 Å². The number of pyridine rings is 1. The van der Waals surface area contributed by atoms with E-state index in [-0.39, 0.29) is 160 Å². The molecule has 1 aliphatic carbocycles. The molecule has 8 bridgehead atoms. The molecule has 5 aliphatic rings. The van der Waals surface area contributed by atoms with Crippen molar-refractivity contribution in [1.82, 2.24) is 4.98 Å². The van der Waals surface area contributed by atoms with E-state index in [1.54, 1.807) is 114 Å². The molecule has 0 radical (unpaired) electrons. The predicted octanol–water partition coefficient (Wildman–Crippen LogP) is 20.5. The Morgan fingerprint density at radius 2 is 0.514 bits per heavy atom. The molecular formula is C84H82N8O15. The summed E-state index contributed by atoms with van der Waals surface area (Å²) in [5.41, 5.74) is 7.66. The van der Waals surface area contributed by atoms with Gasteiger partial charge in [0.05, 0.1) is 34.1 Å². The highest BCUT2D eigenvalue weighted by atomic mass is 16.5. The fraction of sp³-hybridized carbons (Fsp3) is 0.286. The van der Waals surface area contributed by atoms with Gasteiger partial charge in [-0.25, -0.2) is 0 Å². The summed E-state index contributed by atoms with van der Waals surface area (Å²) < 4.78 is 58.9. The monoisotopic (exact) mass is 1440 g/mol. The number of rotatable bonds is 18. The Kier molecular flexibility index (Phi) is 20.1. The standard InChI is InChI=1S/C84H82N8O15/c1-11-43-47-28-49-44(12-2)51-30-53-46(14-4)54-31-52-45(13-3)50-29-48(43)64-39-66(50)103-74-34-58(89-80(95)17-7)59(90-81(96)18-8)35-75(74)105-68(52)41-70(54)107-77-37-61(92-83(98)20-10)60(91-82(97)19-9)36-76(77)106-69(53)40-67(51)104-73-33-57(88-79(94)16-6)56(87-78(93)15-5)32-72(73)102-65(49)38-63(47)100-62-25-24-42(27-71(62)101-64)86-84(99)55-23-21-22-26-85-55/h21-41,43-46H,11-20H2,1-10H3,(H,86,99)(H,87,93)(H,88,94)(H,89,95)(H,90,96)(H,91,97)(H,92,98). The lowest BCUT2D eigenvalue weighted by Crippen LogP contribution is -2.15. The molecule has 4 aliphatic heterocycles. The fourth-order valence-corrected chi connectivity index (χ4v) is 14.3. The highest BCUT2D eigenvalue weighted by Crippen LogP contribution is 2.60. The Bertz CT molecular complexity index is 5150. The molecule has 23 heteroatoms. The highest BCUT2D eigenvalue weighted by molar-refractivity contribution is 6.04. The van der Waals surface area contributed by atoms with E-state index in [1.807, 2.05) is 24.3 Å². The van der Waals surface area contributed by atoms with Crippen molar-refractivity contribution in [2.75, 3.05) is 37.2 Å². The minimum atomic E-state index is -0.577. The molecule has 9 aromatic rings. The van der Waals surface area contributed by atoms with Crippen LogP contribution in [0.2, 0.25) is 0 Å². The first-order valence-corrected chi connectivity index (χ1v) is 36.7. The quantitative estimate of drug-likeness (QED) is 0.0420. The zero-order valence-corrected chi connectivity index (χ0v) is 61.1. The molecule has 0 saturated carbocycles. The number of benzene rings is 8. The van der Waals surface area contributed by atoms with Gasteiger partial charge in [-0.15, -0.1) is 0 Å². The summed E-state index contributed by atoms with van der Waals surface area (Å²) in [7, 11) is 0. The summed E-state index contributed by atoms with van der Waals surface area (Å²) >= 11 is 0. The van der Waals surface area contributed by atoms with E-state index in [0.717, 1.165) is 16.7 Å². The van der Waals surface area contributed by atoms with E-state index >= 15 is 0 Å². The van der Waals surface area contributed by atoms with Gasteiger partial charge in [-0.2, -0.15) is 0 Å². The normalized spacial score (nSPS) is 15.5. The molecule has 23 nitrogen and oxygen atoms in total. The van der Waals surface area contributed by atoms with Gasteiger partial charge in [-0.1, -0.05) is 75.3 Å². The number of nitrogens with zero attached hydrogens (tertiary/aromatic N) is 1. The minimum absolute atomic E-state index is 0.106. The van der Waals surface area contributed by atoms with Gasteiger partial charge in [-0.3, -0.25) is 38.5 Å². The van der Waals surface area contributed by atoms with Crippen LogP contribution >= 0.6 is 0 Å². The van der Waals surface area contributed by atoms with Crippen molar-refractivity contribution in [3.05, 3.63) is 178 Å². The van der Waals surface area contributed by atoms with Crippen LogP contribution in [0.5, 0.6) is 92.0 Å². The summed E-state index contributed by atoms with van der Waals surface area (Å²) in [6.07, 6.45) is 4.02. The molecule has 0 spiro atoms. The van der Waals surface area contributed by atoms with Gasteiger partial charge in [0.25, 0.3) is 5.91 Å². The molecular weight excluding hydrogens is 1360 g/mol. The Hall–Kier alpha value is -12.4. The first kappa shape index (κ1) is 71.6. The third-order valence-corrected chi connectivity index (χ3v) is 19.9. The van der Waals surface area contributed by atoms with Crippen molar-refractivity contribution in [2.45, 2.75) is 157 Å². The third kappa shape index (κ3) is 14.0. The van der Waals surface area contributed by atoms with Crippen LogP contribution in [0.3, 0.4) is 0 Å². The summed E-state index contributed by atoms with van der Waals surface area (Å²) in [6.45, 7) is 18.7. The van der Waals surface area contributed by atoms with Crippen molar-refractivity contribution in [3.63, 3.8) is 0 Å². The second-order valence-corrected chi connectivity index (χ2v) is 26.6. The van der Waals surface area contributed by atoms with Crippen molar-refractivity contribution in [2.24, 2.45) is 0 Å². The average molecular weight is 1440 g/mol. The molecule has 4 unspecified atom stereocenters. The summed E-state index contributed by atoms with van der Waals surface area (Å²) in [4.78, 5) is 99.6. The van der Waals surface area contributed by atoms with Gasteiger partial charge < -0.3 is 75.1 Å². The molecule has 0 fully saturated rings. The summed E-state index contributed by atoms with van der Waals surface area (Å²) in [6, 6.07) is 35.8. The number of fused-ring (bicyclic) bond motifs is 4. The maximum Gasteiger partial charge on any atom is 0.274 e. The third-order valence-electron chi connectivity index (χ3n) is 19.9. The smallest absolute Gasteiger partial charge is 0.274 e. The zero-order valence-electron chi connectivity index (χ0n) is 61.1. The van der Waals surface area contributed by atoms with E-state index in [9.17, 15) is 33.6 Å². The fourth-order valence-electron chi connectivity index (χ4n) is 14.3. The summed E-state index contributed by atoms with van der Waals surface area (Å²) in [5.74, 6) is -0.698. The zero-order chi connectivity index (χ0) is 75.1. The number of hydrogen-bond acceptors (Lipinski definition) is 16. The Balaban J connectivity index is 1.13. The number of hydrogen-bond donors (Lipinski definition) is 7. The Morgan fingerprint density at radius 3 is 0.738 bits per heavy atom. The predicted molar refractivity (Wildman–Crippen MR) is 406 cm³/mol. The Labute approximate surface area is 618 Å². The van der Waals surface area contributed by atoms with Crippen LogP contribution in [0.4, 0.5) is 39.8 Å². The molecule has 0 saturated heterocycles. The summed E-state index contributed by atoms with van der Waals surface area (Å²) in [5, 5.41) is 20.9. The van der Waals surface area contributed by atoms with Crippen LogP contribution in [-0.4, -0.2) is 46.3 Å². The molecule has 5 heterocycles. The first-order chi connectivity index (χ1) is 51.8. The SMILES string of the molecule is CCC(=O)Nc1cc2c(cc1NC(=O)CC)Oc1cc3c4cc1C(CC)c1cc5c(cc1O2)Oc1ccc(NC(=O)c2ccccn2)cc1Oc1cc2c(cc1C5CC)C(CC)c1cc(c(cc1Oc1cc(NC(=O)CC)c(NC(=O)CC)cc1O2)Oc1cc(NC(=O)CC)c(NC(=O)CC)cc1O3)C4CC. The number of ether oxygens (including phenoxy) is 8. The minimum Gasteiger partial charge on any atom is -0.453 e. The van der Waals surface area contributed by atoms with Gasteiger partial charge in [0.2, 0.25) is 35.4 Å². The van der Waals surface area contributed by atoms with Crippen molar-refractivity contribution >= 4 is 81.2 Å². The lowest BCUT2D eigenvalue weighted by molar-refractivity contribution is -0.116. The van der Waals surface area contributed by atoms with Gasteiger partial charge in [0.1, 0.15) is 51.7 Å². The topological polar surface area (TPSA) is 290 Å². The molecule has 7 amide bonds. The number of amides is 7. The molecule has 14 rings (SSSR count). The maximum absolute atomic E-state index is 14.0. The van der Waals surface area contributed by atoms with Crippen molar-refractivity contribution < 1.29 is 71.5 Å². The molecule has 8 aromatic carbocycles. The van der Waals surface area contributed by atoms with E-state index in [2.05, 4.69) is 94.2 Å². The van der Waals surface area contributed by atoms with Gasteiger partial charge in [-0.05, 0) is 74.2 Å². The lowest BCUT2D eigenvalue weighted by Gasteiger charge is -2.29. The second-order valence-electron chi connectivity index (χ2n) is 26.6. The van der Waals surface area contributed by atoms with Crippen LogP contribution in [0.15, 0.2) is 128 Å². The second kappa shape index (κ2) is 30.0. The molecule has 4 atom stereocenters. The molecule has 107 heavy (non-hydrogen) atoms. The van der Waals surface area contributed by atoms with E-state index in [0.29, 0.717) is 105 Å². The van der Waals surface area contributed by atoms with Crippen molar-refractivity contribution in [1.29, 1.82) is 0 Å². The van der Waals surface area contributed by atoms with Crippen LogP contribution in [0, 0.1) is 0 Å². The van der Waals surface area contributed by atoms with Gasteiger partial charge in [0, 0.05) is 185 Å². The van der Waals surface area contributed by atoms with Crippen LogP contribution < -0.4 is 75.1 Å². The van der Waals surface area contributed by atoms with Crippen LogP contribution in [0.25, 0.3) is 0 Å². The van der Waals surface area contributed by atoms with Gasteiger partial charge >= 0.3 is 0 Å². The average Bonchev–Trinajstić information content (AvgIpc) is 1.66. The first-order valence-electron chi connectivity index (χ1n) is 36.7. The lowest BCUT2D eigenvalue weighted by atomic mass is 9.77. The number of nitrogens with one attached hydrogen (secondary N) is 7. The van der Waals surface area contributed by atoms with E-state index < -0.39 is 29.6 Å². The Morgan fingerprint density at radius 1 is 0.271 bits per heavy atom. The maximum atomic E-state index is 14.0. The number of carbonyl (C=O) groups is 7. The number of carbonyl (C=O) groups excluding carboxylic acids is 7. The van der Waals surface area contributed by atoms with E-state index in [4.69, 9.17) is 37.9 Å². The highest BCUT2D eigenvalue weighted by Gasteiger charge is 2.39. The molecule has 1 aromatic heterocycles. The molecule has 548 valence electrons. The molecule has 7 N–H and O–H groups in total. The van der Waals surface area contributed by atoms with Crippen molar-refractivity contribution in [3.8, 4) is 92.0 Å². The number of anilines is 7. The van der Waals surface area contributed by atoms with E-state index in [1.165, 1.54) is 6.20 Å². The van der Waals surface area contributed by atoms with Crippen LogP contribution in [0.1, 0.15) is 212 Å². The largest absolute Gasteiger partial charge is 0.453 e.